The fraction of sp³-hybridized carbons (Fsp3) is 0.286. The van der Waals surface area contributed by atoms with E-state index < -0.39 is 61.3 Å². The Balaban J connectivity index is 1.70. The average Bonchev–Trinajstić information content (AvgIpc) is 3.19. The summed E-state index contributed by atoms with van der Waals surface area (Å²) in [5, 5.41) is 24.4. The highest BCUT2D eigenvalue weighted by Crippen LogP contribution is 2.33. The number of amides is 4. The maximum atomic E-state index is 13.9. The van der Waals surface area contributed by atoms with Gasteiger partial charge in [-0.2, -0.15) is 0 Å². The van der Waals surface area contributed by atoms with Crippen LogP contribution in [0, 0.1) is 13.8 Å². The predicted molar refractivity (Wildman–Crippen MR) is 148 cm³/mol. The van der Waals surface area contributed by atoms with E-state index in [1.165, 1.54) is 12.1 Å². The van der Waals surface area contributed by atoms with Crippen molar-refractivity contribution in [1.29, 1.82) is 0 Å². The average molecular weight is 564 g/mol. The lowest BCUT2D eigenvalue weighted by molar-refractivity contribution is -0.139. The molecule has 2 aromatic carbocycles. The van der Waals surface area contributed by atoms with Gasteiger partial charge in [0, 0.05) is 11.1 Å². The van der Waals surface area contributed by atoms with E-state index >= 15 is 0 Å². The molecule has 214 valence electrons. The van der Waals surface area contributed by atoms with E-state index in [9.17, 15) is 33.9 Å². The van der Waals surface area contributed by atoms with Crippen LogP contribution in [-0.2, 0) is 24.0 Å². The van der Waals surface area contributed by atoms with Crippen LogP contribution in [0.2, 0.25) is 0 Å². The number of aliphatic hydroxyl groups excluding tert-OH is 1. The number of aliphatic hydroxyl groups is 1. The third kappa shape index (κ3) is 5.94. The van der Waals surface area contributed by atoms with Crippen LogP contribution >= 0.6 is 0 Å². The third-order valence-electron chi connectivity index (χ3n) is 6.93. The van der Waals surface area contributed by atoms with E-state index in [0.717, 1.165) is 26.4 Å². The minimum Gasteiger partial charge on any atom is -0.481 e. The monoisotopic (exact) mass is 563 g/mol. The summed E-state index contributed by atoms with van der Waals surface area (Å²) in [5.41, 5.74) is 3.02. The van der Waals surface area contributed by atoms with Gasteiger partial charge in [-0.3, -0.25) is 28.9 Å². The molecule has 0 saturated carbocycles. The van der Waals surface area contributed by atoms with Crippen molar-refractivity contribution in [2.45, 2.75) is 32.4 Å². The third-order valence-corrected chi connectivity index (χ3v) is 6.93. The summed E-state index contributed by atoms with van der Waals surface area (Å²) in [7, 11) is 0. The molecule has 3 aromatic rings. The van der Waals surface area contributed by atoms with E-state index in [-0.39, 0.29) is 29.8 Å². The number of H-pyrrole nitrogens is 1. The zero-order valence-corrected chi connectivity index (χ0v) is 22.3. The highest BCUT2D eigenvalue weighted by atomic mass is 16.4. The van der Waals surface area contributed by atoms with Crippen LogP contribution in [0.4, 0.5) is 11.4 Å². The van der Waals surface area contributed by atoms with Gasteiger partial charge in [0.1, 0.15) is 25.5 Å². The van der Waals surface area contributed by atoms with Crippen molar-refractivity contribution in [3.05, 3.63) is 59.3 Å². The van der Waals surface area contributed by atoms with Crippen molar-refractivity contribution >= 4 is 58.2 Å². The number of hydrogen-bond acceptors (Lipinski definition) is 7. The van der Waals surface area contributed by atoms with Crippen molar-refractivity contribution in [1.82, 2.24) is 15.6 Å². The van der Waals surface area contributed by atoms with Crippen molar-refractivity contribution in [2.75, 3.05) is 29.5 Å². The fourth-order valence-corrected chi connectivity index (χ4v) is 4.80. The summed E-state index contributed by atoms with van der Waals surface area (Å²) in [6, 6.07) is 8.68. The quantitative estimate of drug-likeness (QED) is 0.231. The molecule has 0 saturated heterocycles. The van der Waals surface area contributed by atoms with E-state index in [1.807, 2.05) is 19.9 Å². The molecule has 1 aliphatic rings. The Morgan fingerprint density at radius 3 is 2.46 bits per heavy atom. The number of carbonyl (C=O) groups is 6. The number of nitrogens with zero attached hydrogens (tertiary/aromatic N) is 2. The van der Waals surface area contributed by atoms with Gasteiger partial charge in [0.15, 0.2) is 0 Å². The minimum atomic E-state index is -1.34. The van der Waals surface area contributed by atoms with Crippen molar-refractivity contribution in [3.8, 4) is 0 Å². The van der Waals surface area contributed by atoms with Crippen molar-refractivity contribution in [3.63, 3.8) is 0 Å². The normalized spacial score (nSPS) is 15.6. The Bertz CT molecular complexity index is 1550. The summed E-state index contributed by atoms with van der Waals surface area (Å²) in [6.07, 6.45) is -0.375. The summed E-state index contributed by atoms with van der Waals surface area (Å²) >= 11 is 0. The van der Waals surface area contributed by atoms with E-state index in [4.69, 9.17) is 5.11 Å². The molecule has 0 aliphatic carbocycles. The van der Waals surface area contributed by atoms with Gasteiger partial charge in [-0.25, -0.2) is 0 Å². The second-order valence-corrected chi connectivity index (χ2v) is 9.61. The van der Waals surface area contributed by atoms with Gasteiger partial charge in [0.05, 0.1) is 41.5 Å². The van der Waals surface area contributed by atoms with Crippen LogP contribution < -0.4 is 20.4 Å². The zero-order chi connectivity index (χ0) is 29.8. The minimum absolute atomic E-state index is 0.143. The molecule has 13 nitrogen and oxygen atoms in total. The molecule has 0 radical (unpaired) electrons. The molecule has 41 heavy (non-hydrogen) atoms. The van der Waals surface area contributed by atoms with Crippen molar-refractivity contribution < 1.29 is 39.0 Å². The molecule has 1 aliphatic heterocycles. The fourth-order valence-electron chi connectivity index (χ4n) is 4.80. The summed E-state index contributed by atoms with van der Waals surface area (Å²) < 4.78 is 0. The molecule has 2 atom stereocenters. The number of anilines is 2. The topological polar surface area (TPSA) is 189 Å². The highest BCUT2D eigenvalue weighted by molar-refractivity contribution is 6.13. The second-order valence-electron chi connectivity index (χ2n) is 9.61. The van der Waals surface area contributed by atoms with Gasteiger partial charge in [-0.1, -0.05) is 24.3 Å². The smallest absolute Gasteiger partial charge is 0.305 e. The van der Waals surface area contributed by atoms with Crippen LogP contribution in [0.3, 0.4) is 0 Å². The number of fused-ring (bicyclic) bond motifs is 2. The van der Waals surface area contributed by atoms with Gasteiger partial charge in [0.2, 0.25) is 5.91 Å². The van der Waals surface area contributed by atoms with Gasteiger partial charge >= 0.3 is 5.97 Å². The number of aryl methyl sites for hydroxylation is 2. The first kappa shape index (κ1) is 29.0. The molecule has 0 bridgehead atoms. The number of carbonyl (C=O) groups excluding carboxylic acids is 5. The molecule has 2 heterocycles. The molecule has 1 aromatic heterocycles. The van der Waals surface area contributed by atoms with Crippen LogP contribution in [0.1, 0.15) is 28.0 Å². The molecule has 13 heteroatoms. The number of para-hydroxylation sites is 3. The molecule has 4 amide bonds. The number of carboxylic acid groups (broad SMARTS) is 1. The molecular weight excluding hydrogens is 534 g/mol. The number of nitrogens with one attached hydrogen (secondary N) is 3. The van der Waals surface area contributed by atoms with E-state index in [0.29, 0.717) is 5.52 Å². The van der Waals surface area contributed by atoms with Crippen LogP contribution in [0.15, 0.2) is 42.5 Å². The Hall–Kier alpha value is -5.04. The Morgan fingerprint density at radius 2 is 1.80 bits per heavy atom. The number of aliphatic carboxylic acids is 1. The van der Waals surface area contributed by atoms with E-state index in [1.54, 1.807) is 24.3 Å². The summed E-state index contributed by atoms with van der Waals surface area (Å²) in [5.74, 6) is -4.22. The molecular formula is C28H29N5O8. The molecule has 0 spiro atoms. The second kappa shape index (κ2) is 12.0. The lowest BCUT2D eigenvalue weighted by atomic mass is 10.1. The largest absolute Gasteiger partial charge is 0.481 e. The Labute approximate surface area is 234 Å². The number of aromatic nitrogens is 1. The SMILES string of the molecule is Cc1[nH]c2c(C(=O)N[C@H]3CN(C(=O)CO)c4ccccc4N(CC(=O)N[C@H](C=O)CC(=O)O)C3=O)cccc2c1C. The first-order valence-electron chi connectivity index (χ1n) is 12.7. The zero-order valence-electron chi connectivity index (χ0n) is 22.3. The van der Waals surface area contributed by atoms with Crippen LogP contribution in [0.5, 0.6) is 0 Å². The Morgan fingerprint density at radius 1 is 1.10 bits per heavy atom. The van der Waals surface area contributed by atoms with Gasteiger partial charge < -0.3 is 35.5 Å². The maximum Gasteiger partial charge on any atom is 0.305 e. The number of aromatic amines is 1. The first-order valence-corrected chi connectivity index (χ1v) is 12.7. The molecule has 0 fully saturated rings. The number of rotatable bonds is 9. The number of hydrogen-bond donors (Lipinski definition) is 5. The molecule has 0 unspecified atom stereocenters. The molecule has 4 rings (SSSR count). The summed E-state index contributed by atoms with van der Waals surface area (Å²) in [4.78, 5) is 80.7. The van der Waals surface area contributed by atoms with Gasteiger partial charge in [-0.05, 0) is 37.6 Å². The number of carboxylic acids is 1. The maximum absolute atomic E-state index is 13.9. The standard InChI is InChI=1S/C28H29N5O8/c1-15-16(2)29-26-18(15)6-5-7-19(26)27(40)31-20-11-32(24(37)14-35)21-8-3-4-9-22(21)33(28(20)41)12-23(36)30-17(13-34)10-25(38)39/h3-9,13,17,20,29,35H,10-12,14H2,1-2H3,(H,30,36)(H,31,40)(H,38,39)/t17-,20-/m0/s1. The van der Waals surface area contributed by atoms with Gasteiger partial charge in [-0.15, -0.1) is 0 Å². The number of benzene rings is 2. The number of aldehydes is 1. The summed E-state index contributed by atoms with van der Waals surface area (Å²) in [6.45, 7) is 1.93. The van der Waals surface area contributed by atoms with Gasteiger partial charge in [0.25, 0.3) is 17.7 Å². The van der Waals surface area contributed by atoms with E-state index in [2.05, 4.69) is 15.6 Å². The predicted octanol–water partition coefficient (Wildman–Crippen LogP) is 0.414. The van der Waals surface area contributed by atoms with Crippen LogP contribution in [-0.4, -0.2) is 82.9 Å². The Kier molecular flexibility index (Phi) is 8.48. The lowest BCUT2D eigenvalue weighted by Gasteiger charge is -2.25. The van der Waals surface area contributed by atoms with Crippen molar-refractivity contribution in [2.24, 2.45) is 0 Å². The first-order chi connectivity index (χ1) is 19.5. The lowest BCUT2D eigenvalue weighted by Crippen LogP contribution is -2.55. The highest BCUT2D eigenvalue weighted by Gasteiger charge is 2.38. The molecule has 5 N–H and O–H groups in total. The van der Waals surface area contributed by atoms with Crippen LogP contribution in [0.25, 0.3) is 10.9 Å².